The maximum atomic E-state index is 12.3. The minimum Gasteiger partial charge on any atom is -0.387 e. The van der Waals surface area contributed by atoms with Gasteiger partial charge in [-0.25, -0.2) is 0 Å². The fourth-order valence-electron chi connectivity index (χ4n) is 3.46. The summed E-state index contributed by atoms with van der Waals surface area (Å²) >= 11 is 0. The number of likely N-dealkylation sites (tertiary alicyclic amines) is 2. The zero-order chi connectivity index (χ0) is 16.3. The van der Waals surface area contributed by atoms with Crippen molar-refractivity contribution in [1.29, 1.82) is 0 Å². The summed E-state index contributed by atoms with van der Waals surface area (Å²) < 4.78 is 5.11. The molecule has 0 saturated carbocycles. The van der Waals surface area contributed by atoms with Crippen LogP contribution in [0.4, 0.5) is 0 Å². The lowest BCUT2D eigenvalue weighted by molar-refractivity contribution is -0.131. The second kappa shape index (κ2) is 6.97. The summed E-state index contributed by atoms with van der Waals surface area (Å²) in [5, 5.41) is 14.5. The molecule has 1 atom stereocenters. The molecule has 2 saturated heterocycles. The Morgan fingerprint density at radius 2 is 2.13 bits per heavy atom. The molecule has 1 aromatic rings. The highest BCUT2D eigenvalue weighted by atomic mass is 16.5. The third kappa shape index (κ3) is 4.09. The molecule has 3 rings (SSSR count). The predicted molar refractivity (Wildman–Crippen MR) is 83.8 cm³/mol. The van der Waals surface area contributed by atoms with Crippen molar-refractivity contribution in [3.05, 3.63) is 11.7 Å². The van der Waals surface area contributed by atoms with Crippen LogP contribution in [0.5, 0.6) is 0 Å². The summed E-state index contributed by atoms with van der Waals surface area (Å²) in [5.74, 6) is 1.24. The molecule has 1 aromatic heterocycles. The van der Waals surface area contributed by atoms with E-state index in [0.717, 1.165) is 19.5 Å². The molecule has 1 amide bonds. The van der Waals surface area contributed by atoms with Crippen molar-refractivity contribution < 1.29 is 14.4 Å². The SMILES string of the molecule is CCc1noc(CCC(=O)N2CC[C@](O)(CN3CCCC3)C2)n1. The number of aliphatic hydroxyl groups is 1. The van der Waals surface area contributed by atoms with Crippen LogP contribution in [0.1, 0.15) is 44.3 Å². The van der Waals surface area contributed by atoms with E-state index < -0.39 is 5.60 Å². The molecule has 128 valence electrons. The number of aryl methyl sites for hydroxylation is 2. The summed E-state index contributed by atoms with van der Waals surface area (Å²) in [4.78, 5) is 20.6. The Kier molecular flexibility index (Phi) is 4.96. The monoisotopic (exact) mass is 322 g/mol. The molecule has 0 bridgehead atoms. The van der Waals surface area contributed by atoms with Crippen LogP contribution in [-0.4, -0.2) is 69.3 Å². The molecule has 7 heteroatoms. The van der Waals surface area contributed by atoms with Gasteiger partial charge in [0.05, 0.1) is 12.1 Å². The number of hydrogen-bond acceptors (Lipinski definition) is 6. The first-order valence-corrected chi connectivity index (χ1v) is 8.62. The highest BCUT2D eigenvalue weighted by Crippen LogP contribution is 2.25. The van der Waals surface area contributed by atoms with Crippen LogP contribution >= 0.6 is 0 Å². The molecule has 7 nitrogen and oxygen atoms in total. The Morgan fingerprint density at radius 3 is 2.83 bits per heavy atom. The summed E-state index contributed by atoms with van der Waals surface area (Å²) in [7, 11) is 0. The zero-order valence-corrected chi connectivity index (χ0v) is 13.8. The molecule has 0 spiro atoms. The third-order valence-electron chi connectivity index (χ3n) is 4.78. The predicted octanol–water partition coefficient (Wildman–Crippen LogP) is 0.624. The second-order valence-corrected chi connectivity index (χ2v) is 6.73. The molecule has 2 aliphatic rings. The number of rotatable bonds is 6. The zero-order valence-electron chi connectivity index (χ0n) is 13.8. The minimum atomic E-state index is -0.750. The topological polar surface area (TPSA) is 82.7 Å². The van der Waals surface area contributed by atoms with E-state index in [9.17, 15) is 9.90 Å². The van der Waals surface area contributed by atoms with Crippen LogP contribution in [0.15, 0.2) is 4.52 Å². The molecule has 0 radical (unpaired) electrons. The highest BCUT2D eigenvalue weighted by Gasteiger charge is 2.39. The smallest absolute Gasteiger partial charge is 0.227 e. The first kappa shape index (κ1) is 16.4. The van der Waals surface area contributed by atoms with Gasteiger partial charge in [-0.15, -0.1) is 0 Å². The van der Waals surface area contributed by atoms with Crippen LogP contribution in [0.3, 0.4) is 0 Å². The molecule has 23 heavy (non-hydrogen) atoms. The molecule has 1 N–H and O–H groups in total. The van der Waals surface area contributed by atoms with Crippen molar-refractivity contribution in [2.75, 3.05) is 32.7 Å². The Morgan fingerprint density at radius 1 is 1.35 bits per heavy atom. The van der Waals surface area contributed by atoms with Crippen LogP contribution in [0.2, 0.25) is 0 Å². The van der Waals surface area contributed by atoms with E-state index >= 15 is 0 Å². The van der Waals surface area contributed by atoms with Crippen molar-refractivity contribution >= 4 is 5.91 Å². The number of carbonyl (C=O) groups excluding carboxylic acids is 1. The van der Waals surface area contributed by atoms with E-state index in [1.54, 1.807) is 4.90 Å². The quantitative estimate of drug-likeness (QED) is 0.827. The number of aromatic nitrogens is 2. The third-order valence-corrected chi connectivity index (χ3v) is 4.78. The van der Waals surface area contributed by atoms with Gasteiger partial charge in [-0.1, -0.05) is 12.1 Å². The molecule has 2 fully saturated rings. The first-order valence-electron chi connectivity index (χ1n) is 8.62. The van der Waals surface area contributed by atoms with Gasteiger partial charge in [0.15, 0.2) is 5.82 Å². The molecule has 2 aliphatic heterocycles. The largest absolute Gasteiger partial charge is 0.387 e. The summed E-state index contributed by atoms with van der Waals surface area (Å²) in [6.07, 6.45) is 4.63. The number of amides is 1. The first-order chi connectivity index (χ1) is 11.1. The van der Waals surface area contributed by atoms with Gasteiger partial charge in [0.1, 0.15) is 0 Å². The Hall–Kier alpha value is -1.47. The second-order valence-electron chi connectivity index (χ2n) is 6.73. The maximum Gasteiger partial charge on any atom is 0.227 e. The Labute approximate surface area is 136 Å². The van der Waals surface area contributed by atoms with Gasteiger partial charge in [-0.05, 0) is 32.4 Å². The maximum absolute atomic E-state index is 12.3. The Bertz CT molecular complexity index is 541. The average Bonchev–Trinajstić information content (AvgIpc) is 3.26. The molecule has 3 heterocycles. The minimum absolute atomic E-state index is 0.0543. The molecule has 0 unspecified atom stereocenters. The fraction of sp³-hybridized carbons (Fsp3) is 0.812. The van der Waals surface area contributed by atoms with E-state index in [4.69, 9.17) is 4.52 Å². The van der Waals surface area contributed by atoms with Gasteiger partial charge in [-0.2, -0.15) is 4.98 Å². The molecular weight excluding hydrogens is 296 g/mol. The summed E-state index contributed by atoms with van der Waals surface area (Å²) in [6, 6.07) is 0. The van der Waals surface area contributed by atoms with E-state index in [1.165, 1.54) is 12.8 Å². The van der Waals surface area contributed by atoms with Gasteiger partial charge >= 0.3 is 0 Å². The van der Waals surface area contributed by atoms with Gasteiger partial charge in [0.25, 0.3) is 0 Å². The summed E-state index contributed by atoms with van der Waals surface area (Å²) in [5.41, 5.74) is -0.750. The number of carbonyl (C=O) groups is 1. The fourth-order valence-corrected chi connectivity index (χ4v) is 3.46. The van der Waals surface area contributed by atoms with E-state index in [0.29, 0.717) is 50.6 Å². The lowest BCUT2D eigenvalue weighted by Crippen LogP contribution is -2.45. The lowest BCUT2D eigenvalue weighted by atomic mass is 10.0. The summed E-state index contributed by atoms with van der Waals surface area (Å²) in [6.45, 7) is 5.84. The van der Waals surface area contributed by atoms with Gasteiger partial charge in [0.2, 0.25) is 11.8 Å². The van der Waals surface area contributed by atoms with Gasteiger partial charge < -0.3 is 19.4 Å². The van der Waals surface area contributed by atoms with Crippen LogP contribution in [0.25, 0.3) is 0 Å². The average molecular weight is 322 g/mol. The van der Waals surface area contributed by atoms with Crippen molar-refractivity contribution in [2.45, 2.75) is 51.0 Å². The number of β-amino-alcohol motifs (C(OH)–C–C–N with tert-alkyl or cyclic N) is 1. The van der Waals surface area contributed by atoms with Crippen LogP contribution < -0.4 is 0 Å². The van der Waals surface area contributed by atoms with Gasteiger partial charge in [0, 0.05) is 32.4 Å². The van der Waals surface area contributed by atoms with Crippen LogP contribution in [-0.2, 0) is 17.6 Å². The van der Waals surface area contributed by atoms with E-state index in [-0.39, 0.29) is 5.91 Å². The van der Waals surface area contributed by atoms with E-state index in [1.807, 2.05) is 6.92 Å². The molecule has 0 aliphatic carbocycles. The van der Waals surface area contributed by atoms with Crippen LogP contribution in [0, 0.1) is 0 Å². The number of hydrogen-bond donors (Lipinski definition) is 1. The highest BCUT2D eigenvalue weighted by molar-refractivity contribution is 5.76. The van der Waals surface area contributed by atoms with Crippen molar-refractivity contribution in [1.82, 2.24) is 19.9 Å². The Balaban J connectivity index is 1.46. The van der Waals surface area contributed by atoms with Crippen molar-refractivity contribution in [3.8, 4) is 0 Å². The van der Waals surface area contributed by atoms with E-state index in [2.05, 4.69) is 15.0 Å². The standard InChI is InChI=1S/C16H26N4O3/c1-2-13-17-14(23-18-13)5-6-15(21)20-10-7-16(22,12-20)11-19-8-3-4-9-19/h22H,2-12H2,1H3/t16-/m0/s1. The number of nitrogens with zero attached hydrogens (tertiary/aromatic N) is 4. The van der Waals surface area contributed by atoms with Crippen molar-refractivity contribution in [3.63, 3.8) is 0 Å². The molecule has 0 aromatic carbocycles. The van der Waals surface area contributed by atoms with Gasteiger partial charge in [-0.3, -0.25) is 4.79 Å². The normalized spacial score (nSPS) is 25.4. The van der Waals surface area contributed by atoms with Crippen molar-refractivity contribution in [2.24, 2.45) is 0 Å². The molecular formula is C16H26N4O3. The lowest BCUT2D eigenvalue weighted by Gasteiger charge is -2.28.